The Hall–Kier alpha value is -4.35. The summed E-state index contributed by atoms with van der Waals surface area (Å²) in [4.78, 5) is 24.0. The van der Waals surface area contributed by atoms with Crippen LogP contribution in [0.4, 0.5) is 17.8 Å². The third-order valence-electron chi connectivity index (χ3n) is 11.6. The molecule has 1 aromatic heterocycles. The molecule has 0 N–H and O–H groups in total. The monoisotopic (exact) mass is 1410 g/mol. The van der Waals surface area contributed by atoms with Gasteiger partial charge in [0.05, 0.1) is 0 Å². The van der Waals surface area contributed by atoms with Crippen molar-refractivity contribution in [3.8, 4) is 34.5 Å². The van der Waals surface area contributed by atoms with Crippen molar-refractivity contribution >= 4 is 134 Å². The average Bonchev–Trinajstić information content (AvgIpc) is 3.46. The third kappa shape index (κ3) is 19.6. The van der Waals surface area contributed by atoms with Gasteiger partial charge in [-0.2, -0.15) is 0 Å². The van der Waals surface area contributed by atoms with Crippen molar-refractivity contribution < 1.29 is 28.4 Å². The van der Waals surface area contributed by atoms with Crippen LogP contribution in [0.5, 0.6) is 34.5 Å². The van der Waals surface area contributed by atoms with Crippen molar-refractivity contribution in [2.45, 2.75) is 31.9 Å². The Morgan fingerprint density at radius 3 is 0.533 bits per heavy atom. The molecule has 1 heterocycles. The SMILES string of the molecule is COc1ccc([Se]CCN(CC[Se]c2ccc(OC)cc2)c2nc(N(CC[Se]c3ccc(OC)cc3)CC[Se]c3ccc(OC)cc3)nc(N(CC[Se]c3ccc(OC)cc3)CC[Se]c3ccc(OC)cc3)n2)cc1. The Balaban J connectivity index is 1.24. The molecular weight excluding hydrogens is 1340 g/mol. The van der Waals surface area contributed by atoms with E-state index in [0.29, 0.717) is 0 Å². The Morgan fingerprint density at radius 1 is 0.253 bits per heavy atom. The molecule has 0 aliphatic rings. The topological polar surface area (TPSA) is 104 Å². The van der Waals surface area contributed by atoms with Crippen LogP contribution in [0.15, 0.2) is 146 Å². The fourth-order valence-electron chi connectivity index (χ4n) is 7.38. The van der Waals surface area contributed by atoms with Crippen LogP contribution < -0.4 is 69.9 Å². The van der Waals surface area contributed by atoms with Crippen molar-refractivity contribution in [1.29, 1.82) is 0 Å². The number of anilines is 3. The predicted octanol–water partition coefficient (Wildman–Crippen LogP) is 5.03. The van der Waals surface area contributed by atoms with E-state index in [9.17, 15) is 0 Å². The van der Waals surface area contributed by atoms with E-state index < -0.39 is 0 Å². The molecule has 7 rings (SSSR count). The zero-order chi connectivity index (χ0) is 52.5. The normalized spacial score (nSPS) is 11.0. The molecule has 0 unspecified atom stereocenters. The van der Waals surface area contributed by atoms with E-state index in [4.69, 9.17) is 43.4 Å². The summed E-state index contributed by atoms with van der Waals surface area (Å²) in [6.07, 6.45) is 0. The summed E-state index contributed by atoms with van der Waals surface area (Å²) in [7, 11) is 10.3. The molecule has 6 aromatic carbocycles. The van der Waals surface area contributed by atoms with Gasteiger partial charge in [0.15, 0.2) is 0 Å². The molecule has 396 valence electrons. The molecule has 0 bridgehead atoms. The van der Waals surface area contributed by atoms with Crippen LogP contribution in [0.25, 0.3) is 0 Å². The van der Waals surface area contributed by atoms with Gasteiger partial charge in [0, 0.05) is 0 Å². The first-order valence-electron chi connectivity index (χ1n) is 24.5. The van der Waals surface area contributed by atoms with Gasteiger partial charge in [-0.25, -0.2) is 0 Å². The van der Waals surface area contributed by atoms with Crippen LogP contribution in [0, 0.1) is 0 Å². The summed E-state index contributed by atoms with van der Waals surface area (Å²) < 4.78 is 41.0. The minimum atomic E-state index is 0.239. The molecule has 0 atom stereocenters. The Kier molecular flexibility index (Phi) is 25.2. The van der Waals surface area contributed by atoms with Crippen LogP contribution in [0.3, 0.4) is 0 Å². The molecular formula is C57H66N6O6Se6. The summed E-state index contributed by atoms with van der Waals surface area (Å²) in [6.45, 7) is 4.98. The van der Waals surface area contributed by atoms with Crippen molar-refractivity contribution in [1.82, 2.24) is 15.0 Å². The van der Waals surface area contributed by atoms with Gasteiger partial charge >= 0.3 is 486 Å². The number of aromatic nitrogens is 3. The Bertz CT molecular complexity index is 2240. The van der Waals surface area contributed by atoms with E-state index in [0.717, 1.165) is 124 Å². The number of ether oxygens (including phenoxy) is 6. The third-order valence-corrected chi connectivity index (χ3v) is 24.1. The number of methoxy groups -OCH3 is 6. The fraction of sp³-hybridized carbons (Fsp3) is 0.316. The molecule has 0 saturated carbocycles. The standard InChI is InChI=1S/C57H66N6O6Se6/c1-64-43-7-19-49(20-8-43)70-37-31-61(32-38-71-50-21-9-44(65-2)10-22-50)55-58-56(62(33-39-72-51-23-11-45(66-3)12-24-51)34-40-73-52-25-13-46(67-4)14-26-52)60-57(59-55)63(35-41-74-53-27-15-47(68-5)16-28-53)36-42-75-54-29-17-48(69-6)18-30-54/h7-30H,31-42H2,1-6H3. The molecule has 7 aromatic rings. The van der Waals surface area contributed by atoms with Crippen LogP contribution in [0.2, 0.25) is 31.9 Å². The first-order chi connectivity index (χ1) is 36.8. The van der Waals surface area contributed by atoms with Crippen molar-refractivity contribution in [2.75, 3.05) is 96.6 Å². The second kappa shape index (κ2) is 32.4. The Labute approximate surface area is 482 Å². The van der Waals surface area contributed by atoms with Crippen molar-refractivity contribution in [2.24, 2.45) is 0 Å². The maximum atomic E-state index is 5.55. The molecule has 0 spiro atoms. The fourth-order valence-corrected chi connectivity index (χ4v) is 18.4. The van der Waals surface area contributed by atoms with Gasteiger partial charge in [-0.05, 0) is 0 Å². The van der Waals surface area contributed by atoms with Crippen LogP contribution in [0.1, 0.15) is 0 Å². The molecule has 0 saturated heterocycles. The maximum absolute atomic E-state index is 5.55. The second-order valence-electron chi connectivity index (χ2n) is 16.3. The number of hydrogen-bond donors (Lipinski definition) is 0. The summed E-state index contributed by atoms with van der Waals surface area (Å²) in [5, 5.41) is 6.01. The number of benzene rings is 6. The van der Waals surface area contributed by atoms with Crippen molar-refractivity contribution in [3.05, 3.63) is 146 Å². The van der Waals surface area contributed by atoms with E-state index in [1.807, 2.05) is 0 Å². The van der Waals surface area contributed by atoms with E-state index >= 15 is 0 Å². The van der Waals surface area contributed by atoms with Gasteiger partial charge in [0.2, 0.25) is 0 Å². The Morgan fingerprint density at radius 2 is 0.400 bits per heavy atom. The van der Waals surface area contributed by atoms with E-state index in [2.05, 4.69) is 160 Å². The molecule has 0 fully saturated rings. The summed E-state index contributed by atoms with van der Waals surface area (Å²) in [6, 6.07) is 51.2. The van der Waals surface area contributed by atoms with Gasteiger partial charge < -0.3 is 0 Å². The van der Waals surface area contributed by atoms with E-state index in [-0.39, 0.29) is 89.7 Å². The molecule has 0 radical (unpaired) electrons. The zero-order valence-electron chi connectivity index (χ0n) is 43.4. The molecule has 0 aliphatic heterocycles. The average molecular weight is 1400 g/mol. The van der Waals surface area contributed by atoms with Crippen molar-refractivity contribution in [3.63, 3.8) is 0 Å². The second-order valence-corrected chi connectivity index (χ2v) is 31.0. The minimum absolute atomic E-state index is 0.239. The summed E-state index contributed by atoms with van der Waals surface area (Å²) >= 11 is 1.43. The quantitative estimate of drug-likeness (QED) is 0.0517. The van der Waals surface area contributed by atoms with Gasteiger partial charge in [-0.3, -0.25) is 0 Å². The van der Waals surface area contributed by atoms with Gasteiger partial charge in [-0.15, -0.1) is 0 Å². The van der Waals surface area contributed by atoms with E-state index in [1.165, 1.54) is 26.8 Å². The molecule has 0 aliphatic carbocycles. The van der Waals surface area contributed by atoms with Gasteiger partial charge in [-0.1, -0.05) is 0 Å². The number of rotatable bonds is 33. The molecule has 12 nitrogen and oxygen atoms in total. The predicted molar refractivity (Wildman–Crippen MR) is 316 cm³/mol. The first-order valence-corrected chi connectivity index (χ1v) is 36.9. The summed E-state index contributed by atoms with van der Waals surface area (Å²) in [5.41, 5.74) is 0. The molecule has 75 heavy (non-hydrogen) atoms. The van der Waals surface area contributed by atoms with Crippen LogP contribution >= 0.6 is 0 Å². The van der Waals surface area contributed by atoms with Gasteiger partial charge in [0.1, 0.15) is 0 Å². The van der Waals surface area contributed by atoms with E-state index in [1.54, 1.807) is 42.7 Å². The number of nitrogens with zero attached hydrogens (tertiary/aromatic N) is 6. The first kappa shape index (κ1) is 58.3. The zero-order valence-corrected chi connectivity index (χ0v) is 53.7. The summed E-state index contributed by atoms with van der Waals surface area (Å²) in [5.74, 6) is 7.52. The van der Waals surface area contributed by atoms with Crippen LogP contribution in [-0.2, 0) is 0 Å². The molecule has 0 amide bonds. The van der Waals surface area contributed by atoms with Gasteiger partial charge in [0.25, 0.3) is 0 Å². The van der Waals surface area contributed by atoms with Crippen LogP contribution in [-0.4, -0.2) is 187 Å². The number of hydrogen-bond acceptors (Lipinski definition) is 12. The molecule has 18 heteroatoms.